The largest absolute Gasteiger partial charge is 0.377 e. The molecule has 6 heterocycles. The van der Waals surface area contributed by atoms with Gasteiger partial charge in [-0.25, -0.2) is 0 Å². The van der Waals surface area contributed by atoms with E-state index in [0.717, 1.165) is 19.8 Å². The van der Waals surface area contributed by atoms with Crippen LogP contribution in [0.2, 0.25) is 0 Å². The molecule has 6 aliphatic rings. The molecule has 1 saturated heterocycles. The number of ether oxygens (including phenoxy) is 1. The SMILES string of the molecule is C.CC(C)c1n[nH]c2c1CCC2.CC(C)c1nn(C(C)C)c2c1CCC2.CC(C)c1nn(C)c2c1CCC2.CC(C)c1nn(C2COC2)c2c1CCC2.CCn1nc(C(C)C)c2c1CCC2. The summed E-state index contributed by atoms with van der Waals surface area (Å²) in [5.41, 5.74) is 21.7. The van der Waals surface area contributed by atoms with Crippen LogP contribution < -0.4 is 0 Å². The molecular weight excluding hydrogens is 817 g/mol. The number of hydrogen-bond acceptors (Lipinski definition) is 6. The quantitative estimate of drug-likeness (QED) is 0.166. The highest BCUT2D eigenvalue weighted by Gasteiger charge is 2.31. The standard InChI is InChI=1S/C12H18N2O.C12H20N2.C11H18N2.C10H16N2.C9H14N2.CH4/c1-8(2)12-10-4-3-5-11(10)14(13-12)9-6-15-7-9;1-8(2)12-10-6-5-7-11(10)14(13-12)9(3)4;1-4-13-10-7-5-6-9(10)11(12-13)8(2)3;1-7(2)10-8-5-4-6-9(8)12(3)11-10;1-6(2)9-7-4-3-5-8(7)10-11-9;/h8-9H,3-7H2,1-2H3;8-9H,5-7H2,1-4H3;8H,4-7H2,1-3H3;7H,4-6H2,1-3H3;6H,3-5H2,1-2H3,(H,10,11);1H4. The lowest BCUT2D eigenvalue weighted by Crippen LogP contribution is -2.32. The molecule has 0 unspecified atom stereocenters. The fraction of sp³-hybridized carbons (Fsp3) is 0.727. The predicted molar refractivity (Wildman–Crippen MR) is 272 cm³/mol. The minimum Gasteiger partial charge on any atom is -0.377 e. The van der Waals surface area contributed by atoms with Crippen LogP contribution in [0.4, 0.5) is 0 Å². The Morgan fingerprint density at radius 1 is 0.500 bits per heavy atom. The second kappa shape index (κ2) is 22.4. The third-order valence-corrected chi connectivity index (χ3v) is 14.5. The number of rotatable bonds is 8. The average Bonchev–Trinajstić information content (AvgIpc) is 4.07. The van der Waals surface area contributed by atoms with E-state index >= 15 is 0 Å². The Hall–Kier alpha value is -3.99. The van der Waals surface area contributed by atoms with Crippen molar-refractivity contribution in [2.24, 2.45) is 7.05 Å². The van der Waals surface area contributed by atoms with Crippen molar-refractivity contribution in [2.45, 2.75) is 242 Å². The molecule has 366 valence electrons. The Morgan fingerprint density at radius 3 is 1.47 bits per heavy atom. The van der Waals surface area contributed by atoms with E-state index in [-0.39, 0.29) is 7.43 Å². The molecule has 5 aliphatic carbocycles. The maximum atomic E-state index is 5.26. The molecule has 0 spiro atoms. The van der Waals surface area contributed by atoms with Gasteiger partial charge in [0.1, 0.15) is 0 Å². The first-order valence-electron chi connectivity index (χ1n) is 26.1. The van der Waals surface area contributed by atoms with E-state index in [1.807, 2.05) is 0 Å². The molecule has 0 amide bonds. The molecule has 11 rings (SSSR count). The molecule has 1 N–H and O–H groups in total. The van der Waals surface area contributed by atoms with Gasteiger partial charge in [0.25, 0.3) is 0 Å². The minimum atomic E-state index is 0. The van der Waals surface area contributed by atoms with E-state index in [4.69, 9.17) is 14.9 Å². The summed E-state index contributed by atoms with van der Waals surface area (Å²) in [6, 6.07) is 1.03. The van der Waals surface area contributed by atoms with Gasteiger partial charge in [-0.2, -0.15) is 25.5 Å². The lowest BCUT2D eigenvalue weighted by atomic mass is 10.0. The molecule has 1 aliphatic heterocycles. The zero-order chi connectivity index (χ0) is 46.7. The second-order valence-corrected chi connectivity index (χ2v) is 21.5. The van der Waals surface area contributed by atoms with Crippen molar-refractivity contribution in [2.75, 3.05) is 13.2 Å². The molecule has 0 radical (unpaired) electrons. The van der Waals surface area contributed by atoms with Crippen LogP contribution in [0.1, 0.15) is 256 Å². The van der Waals surface area contributed by atoms with Crippen molar-refractivity contribution in [3.05, 3.63) is 84.8 Å². The Bertz CT molecular complexity index is 2300. The van der Waals surface area contributed by atoms with Gasteiger partial charge in [-0.1, -0.05) is 76.7 Å². The third kappa shape index (κ3) is 10.8. The number of aromatic amines is 1. The first-order valence-corrected chi connectivity index (χ1v) is 26.1. The maximum Gasteiger partial charge on any atom is 0.0988 e. The van der Waals surface area contributed by atoms with E-state index in [0.29, 0.717) is 41.7 Å². The Balaban J connectivity index is 0.000000136. The van der Waals surface area contributed by atoms with Crippen molar-refractivity contribution in [3.8, 4) is 0 Å². The molecule has 0 saturated carbocycles. The summed E-state index contributed by atoms with van der Waals surface area (Å²) >= 11 is 0. The van der Waals surface area contributed by atoms with Crippen LogP contribution in [-0.4, -0.2) is 62.5 Å². The second-order valence-electron chi connectivity index (χ2n) is 21.5. The molecular formula is C55H90N10O. The summed E-state index contributed by atoms with van der Waals surface area (Å²) in [6.07, 6.45) is 18.9. The molecule has 1 fully saturated rings. The Morgan fingerprint density at radius 2 is 0.939 bits per heavy atom. The smallest absolute Gasteiger partial charge is 0.0988 e. The molecule has 11 heteroatoms. The number of aromatic nitrogens is 10. The van der Waals surface area contributed by atoms with Crippen molar-refractivity contribution in [1.82, 2.24) is 49.3 Å². The highest BCUT2D eigenvalue weighted by molar-refractivity contribution is 5.35. The number of H-pyrrole nitrogens is 1. The van der Waals surface area contributed by atoms with Crippen molar-refractivity contribution in [3.63, 3.8) is 0 Å². The van der Waals surface area contributed by atoms with Crippen molar-refractivity contribution in [1.29, 1.82) is 0 Å². The highest BCUT2D eigenvalue weighted by atomic mass is 16.5. The zero-order valence-corrected chi connectivity index (χ0v) is 43.2. The van der Waals surface area contributed by atoms with E-state index in [1.54, 1.807) is 11.1 Å². The monoisotopic (exact) mass is 907 g/mol. The van der Waals surface area contributed by atoms with E-state index < -0.39 is 0 Å². The maximum absolute atomic E-state index is 5.26. The van der Waals surface area contributed by atoms with Gasteiger partial charge in [0, 0.05) is 48.1 Å². The van der Waals surface area contributed by atoms with Crippen LogP contribution in [0, 0.1) is 0 Å². The van der Waals surface area contributed by atoms with Crippen molar-refractivity contribution < 1.29 is 4.74 Å². The van der Waals surface area contributed by atoms with E-state index in [1.165, 1.54) is 170 Å². The topological polar surface area (TPSA) is 109 Å². The third-order valence-electron chi connectivity index (χ3n) is 14.5. The number of fused-ring (bicyclic) bond motifs is 5. The van der Waals surface area contributed by atoms with E-state index in [2.05, 4.69) is 136 Å². The van der Waals surface area contributed by atoms with Gasteiger partial charge >= 0.3 is 0 Å². The van der Waals surface area contributed by atoms with Crippen molar-refractivity contribution >= 4 is 0 Å². The minimum absolute atomic E-state index is 0. The summed E-state index contributed by atoms with van der Waals surface area (Å²) in [4.78, 5) is 0. The summed E-state index contributed by atoms with van der Waals surface area (Å²) in [5, 5.41) is 26.2. The van der Waals surface area contributed by atoms with Crippen LogP contribution in [-0.2, 0) is 82.5 Å². The number of aryl methyl sites for hydroxylation is 3. The molecule has 66 heavy (non-hydrogen) atoms. The van der Waals surface area contributed by atoms with E-state index in [9.17, 15) is 0 Å². The summed E-state index contributed by atoms with van der Waals surface area (Å²) in [6.45, 7) is 31.6. The van der Waals surface area contributed by atoms with Crippen LogP contribution in [0.3, 0.4) is 0 Å². The van der Waals surface area contributed by atoms with Crippen LogP contribution in [0.25, 0.3) is 0 Å². The first kappa shape index (κ1) is 51.4. The fourth-order valence-electron chi connectivity index (χ4n) is 11.2. The first-order chi connectivity index (χ1) is 31.1. The van der Waals surface area contributed by atoms with Crippen LogP contribution in [0.5, 0.6) is 0 Å². The highest BCUT2D eigenvalue weighted by Crippen LogP contribution is 2.35. The van der Waals surface area contributed by atoms with Gasteiger partial charge < -0.3 is 4.74 Å². The fourth-order valence-corrected chi connectivity index (χ4v) is 11.2. The normalized spacial score (nSPS) is 16.5. The van der Waals surface area contributed by atoms with Gasteiger partial charge in [0.2, 0.25) is 0 Å². The van der Waals surface area contributed by atoms with Crippen LogP contribution in [0.15, 0.2) is 0 Å². The summed E-state index contributed by atoms with van der Waals surface area (Å²) in [5.74, 6) is 2.87. The van der Waals surface area contributed by atoms with Gasteiger partial charge in [-0.15, -0.1) is 0 Å². The van der Waals surface area contributed by atoms with Gasteiger partial charge in [-0.05, 0) is 174 Å². The lowest BCUT2D eigenvalue weighted by molar-refractivity contribution is -0.0299. The lowest BCUT2D eigenvalue weighted by Gasteiger charge is -2.27. The molecule has 0 atom stereocenters. The molecule has 5 aromatic heterocycles. The molecule has 0 aromatic carbocycles. The van der Waals surface area contributed by atoms with Gasteiger partial charge in [0.05, 0.1) is 47.7 Å². The van der Waals surface area contributed by atoms with Gasteiger partial charge in [-0.3, -0.25) is 23.8 Å². The summed E-state index contributed by atoms with van der Waals surface area (Å²) < 4.78 is 14.0. The molecule has 0 bridgehead atoms. The number of hydrogen-bond donors (Lipinski definition) is 1. The molecule has 11 nitrogen and oxygen atoms in total. The number of nitrogens with zero attached hydrogens (tertiary/aromatic N) is 9. The molecule has 5 aromatic rings. The zero-order valence-electron chi connectivity index (χ0n) is 43.2. The average molecular weight is 907 g/mol. The number of nitrogens with one attached hydrogen (secondary N) is 1. The van der Waals surface area contributed by atoms with Crippen LogP contribution >= 0.6 is 0 Å². The Kier molecular flexibility index (Phi) is 17.5. The predicted octanol–water partition coefficient (Wildman–Crippen LogP) is 12.3. The summed E-state index contributed by atoms with van der Waals surface area (Å²) in [7, 11) is 2.07. The van der Waals surface area contributed by atoms with Gasteiger partial charge in [0.15, 0.2) is 0 Å². The Labute approximate surface area is 399 Å².